The molecule has 23 heavy (non-hydrogen) atoms. The van der Waals surface area contributed by atoms with E-state index in [9.17, 15) is 9.18 Å². The first-order valence-electron chi connectivity index (χ1n) is 7.40. The molecule has 122 valence electrons. The van der Waals surface area contributed by atoms with Gasteiger partial charge < -0.3 is 15.4 Å². The normalized spacial score (nSPS) is 10.3. The van der Waals surface area contributed by atoms with Gasteiger partial charge in [-0.15, -0.1) is 0 Å². The van der Waals surface area contributed by atoms with Gasteiger partial charge in [0.15, 0.2) is 0 Å². The summed E-state index contributed by atoms with van der Waals surface area (Å²) in [4.78, 5) is 16.1. The van der Waals surface area contributed by atoms with Crippen LogP contribution in [0.2, 0.25) is 0 Å². The second kappa shape index (κ2) is 8.85. The molecule has 0 spiro atoms. The molecule has 1 heterocycles. The zero-order valence-corrected chi connectivity index (χ0v) is 13.0. The maximum absolute atomic E-state index is 12.8. The third-order valence-corrected chi connectivity index (χ3v) is 3.16. The number of methoxy groups -OCH3 is 1. The van der Waals surface area contributed by atoms with Gasteiger partial charge in [-0.05, 0) is 36.2 Å². The second-order valence-corrected chi connectivity index (χ2v) is 5.06. The molecule has 0 aliphatic heterocycles. The van der Waals surface area contributed by atoms with E-state index >= 15 is 0 Å². The van der Waals surface area contributed by atoms with E-state index in [4.69, 9.17) is 4.74 Å². The number of nitrogens with zero attached hydrogens (tertiary/aromatic N) is 1. The molecule has 0 unspecified atom stereocenters. The summed E-state index contributed by atoms with van der Waals surface area (Å²) in [5, 5.41) is 5.93. The number of carbonyl (C=O) groups excluding carboxylic acids is 1. The van der Waals surface area contributed by atoms with Crippen molar-refractivity contribution in [2.45, 2.75) is 12.8 Å². The molecule has 0 aliphatic rings. The number of ether oxygens (including phenoxy) is 1. The minimum Gasteiger partial charge on any atom is -0.385 e. The van der Waals surface area contributed by atoms with Crippen molar-refractivity contribution in [3.05, 3.63) is 54.0 Å². The molecule has 0 fully saturated rings. The summed E-state index contributed by atoms with van der Waals surface area (Å²) in [6.45, 7) is 1.50. The van der Waals surface area contributed by atoms with E-state index in [1.165, 1.54) is 12.1 Å². The van der Waals surface area contributed by atoms with Gasteiger partial charge in [-0.25, -0.2) is 9.37 Å². The lowest BCUT2D eigenvalue weighted by atomic mass is 10.1. The van der Waals surface area contributed by atoms with E-state index in [1.807, 2.05) is 6.07 Å². The highest BCUT2D eigenvalue weighted by atomic mass is 19.1. The van der Waals surface area contributed by atoms with Gasteiger partial charge in [0.25, 0.3) is 0 Å². The molecule has 0 bridgehead atoms. The zero-order chi connectivity index (χ0) is 16.5. The van der Waals surface area contributed by atoms with Crippen LogP contribution in [0.25, 0.3) is 0 Å². The van der Waals surface area contributed by atoms with Crippen molar-refractivity contribution in [2.75, 3.05) is 30.9 Å². The molecule has 0 radical (unpaired) electrons. The van der Waals surface area contributed by atoms with Gasteiger partial charge in [0.05, 0.1) is 18.3 Å². The molecule has 5 nitrogen and oxygen atoms in total. The van der Waals surface area contributed by atoms with Crippen molar-refractivity contribution in [1.29, 1.82) is 0 Å². The molecular weight excluding hydrogens is 297 g/mol. The Hall–Kier alpha value is -2.47. The number of halogens is 1. The monoisotopic (exact) mass is 317 g/mol. The van der Waals surface area contributed by atoms with Crippen molar-refractivity contribution < 1.29 is 13.9 Å². The number of hydrogen-bond acceptors (Lipinski definition) is 4. The maximum Gasteiger partial charge on any atom is 0.229 e. The molecule has 0 atom stereocenters. The van der Waals surface area contributed by atoms with Crippen molar-refractivity contribution in [3.63, 3.8) is 0 Å². The summed E-state index contributed by atoms with van der Waals surface area (Å²) >= 11 is 0. The first-order valence-corrected chi connectivity index (χ1v) is 7.40. The van der Waals surface area contributed by atoms with Crippen LogP contribution in [0.1, 0.15) is 12.0 Å². The summed E-state index contributed by atoms with van der Waals surface area (Å²) in [7, 11) is 1.67. The largest absolute Gasteiger partial charge is 0.385 e. The fourth-order valence-corrected chi connectivity index (χ4v) is 2.00. The average molecular weight is 317 g/mol. The molecule has 1 aromatic heterocycles. The summed E-state index contributed by atoms with van der Waals surface area (Å²) < 4.78 is 17.8. The van der Waals surface area contributed by atoms with Gasteiger partial charge in [0.1, 0.15) is 11.6 Å². The minimum absolute atomic E-state index is 0.180. The Morgan fingerprint density at radius 2 is 2.00 bits per heavy atom. The van der Waals surface area contributed by atoms with E-state index in [1.54, 1.807) is 31.5 Å². The van der Waals surface area contributed by atoms with E-state index in [-0.39, 0.29) is 18.1 Å². The van der Waals surface area contributed by atoms with Crippen LogP contribution < -0.4 is 10.6 Å². The maximum atomic E-state index is 12.8. The van der Waals surface area contributed by atoms with E-state index in [2.05, 4.69) is 15.6 Å². The van der Waals surface area contributed by atoms with Gasteiger partial charge in [0.2, 0.25) is 5.91 Å². The fourth-order valence-electron chi connectivity index (χ4n) is 2.00. The molecule has 0 aliphatic carbocycles. The van der Waals surface area contributed by atoms with E-state index < -0.39 is 0 Å². The molecular formula is C17H20FN3O2. The van der Waals surface area contributed by atoms with Gasteiger partial charge in [-0.2, -0.15) is 0 Å². The number of hydrogen-bond donors (Lipinski definition) is 2. The smallest absolute Gasteiger partial charge is 0.229 e. The number of pyridine rings is 1. The Labute approximate surface area is 134 Å². The van der Waals surface area contributed by atoms with Gasteiger partial charge >= 0.3 is 0 Å². The van der Waals surface area contributed by atoms with Gasteiger partial charge in [-0.3, -0.25) is 4.79 Å². The number of benzene rings is 1. The SMILES string of the molecule is COCCCNc1ccc(NC(=O)Cc2ccc(F)cc2)nc1. The first kappa shape index (κ1) is 16.9. The Morgan fingerprint density at radius 3 is 2.65 bits per heavy atom. The molecule has 2 N–H and O–H groups in total. The molecule has 0 saturated heterocycles. The summed E-state index contributed by atoms with van der Waals surface area (Å²) in [5.74, 6) is -0.0196. The number of anilines is 2. The summed E-state index contributed by atoms with van der Waals surface area (Å²) in [6, 6.07) is 9.45. The van der Waals surface area contributed by atoms with Crippen LogP contribution in [0.3, 0.4) is 0 Å². The molecule has 1 amide bonds. The van der Waals surface area contributed by atoms with Crippen molar-refractivity contribution in [2.24, 2.45) is 0 Å². The molecule has 2 rings (SSSR count). The Bertz CT molecular complexity index is 615. The van der Waals surface area contributed by atoms with Crippen LogP contribution in [0.15, 0.2) is 42.6 Å². The van der Waals surface area contributed by atoms with Crippen LogP contribution in [-0.2, 0) is 16.0 Å². The second-order valence-electron chi connectivity index (χ2n) is 5.06. The third-order valence-electron chi connectivity index (χ3n) is 3.16. The number of amides is 1. The average Bonchev–Trinajstić information content (AvgIpc) is 2.55. The van der Waals surface area contributed by atoms with Gasteiger partial charge in [-0.1, -0.05) is 12.1 Å². The van der Waals surface area contributed by atoms with E-state index in [0.29, 0.717) is 12.4 Å². The highest BCUT2D eigenvalue weighted by Gasteiger charge is 2.05. The van der Waals surface area contributed by atoms with Crippen LogP contribution >= 0.6 is 0 Å². The van der Waals surface area contributed by atoms with Crippen molar-refractivity contribution >= 4 is 17.4 Å². The summed E-state index contributed by atoms with van der Waals surface area (Å²) in [5.41, 5.74) is 1.64. The number of carbonyl (C=O) groups is 1. The van der Waals surface area contributed by atoms with Crippen molar-refractivity contribution in [3.8, 4) is 0 Å². The predicted molar refractivity (Wildman–Crippen MR) is 88.0 cm³/mol. The molecule has 2 aromatic rings. The Morgan fingerprint density at radius 1 is 1.22 bits per heavy atom. The molecule has 0 saturated carbocycles. The van der Waals surface area contributed by atoms with Crippen LogP contribution in [0.4, 0.5) is 15.9 Å². The number of rotatable bonds is 8. The lowest BCUT2D eigenvalue weighted by molar-refractivity contribution is -0.115. The quantitative estimate of drug-likeness (QED) is 0.735. The van der Waals surface area contributed by atoms with Gasteiger partial charge in [0, 0.05) is 20.3 Å². The van der Waals surface area contributed by atoms with Crippen molar-refractivity contribution in [1.82, 2.24) is 4.98 Å². The topological polar surface area (TPSA) is 63.2 Å². The Kier molecular flexibility index (Phi) is 6.50. The highest BCUT2D eigenvalue weighted by molar-refractivity contribution is 5.91. The third kappa shape index (κ3) is 6.04. The lowest BCUT2D eigenvalue weighted by Gasteiger charge is -2.08. The number of aromatic nitrogens is 1. The Balaban J connectivity index is 1.80. The number of nitrogens with one attached hydrogen (secondary N) is 2. The first-order chi connectivity index (χ1) is 11.2. The van der Waals surface area contributed by atoms with Crippen LogP contribution in [-0.4, -0.2) is 31.2 Å². The minimum atomic E-state index is -0.315. The van der Waals surface area contributed by atoms with Crippen LogP contribution in [0, 0.1) is 5.82 Å². The molecule has 1 aromatic carbocycles. The van der Waals surface area contributed by atoms with Crippen LogP contribution in [0.5, 0.6) is 0 Å². The lowest BCUT2D eigenvalue weighted by Crippen LogP contribution is -2.15. The fraction of sp³-hybridized carbons (Fsp3) is 0.294. The van der Waals surface area contributed by atoms with E-state index in [0.717, 1.165) is 24.2 Å². The summed E-state index contributed by atoms with van der Waals surface area (Å²) in [6.07, 6.45) is 2.76. The predicted octanol–water partition coefficient (Wildman–Crippen LogP) is 2.85. The molecule has 6 heteroatoms. The standard InChI is InChI=1S/C17H20FN3O2/c1-23-10-2-9-19-15-7-8-16(20-12-15)21-17(22)11-13-3-5-14(18)6-4-13/h3-8,12,19H,2,9-11H2,1H3,(H,20,21,22). The highest BCUT2D eigenvalue weighted by Crippen LogP contribution is 2.11. The zero-order valence-electron chi connectivity index (χ0n) is 13.0.